The summed E-state index contributed by atoms with van der Waals surface area (Å²) in [4.78, 5) is 0. The smallest absolute Gasteiger partial charge is 0.0436 e. The molecule has 12 heavy (non-hydrogen) atoms. The fraction of sp³-hybridized carbons (Fsp3) is 0.800. The van der Waals surface area contributed by atoms with Gasteiger partial charge in [-0.2, -0.15) is 0 Å². The Bertz CT molecular complexity index is 141. The molecular formula is C10H19NO. The molecular weight excluding hydrogens is 150 g/mol. The van der Waals surface area contributed by atoms with Gasteiger partial charge in [-0.1, -0.05) is 6.08 Å². The van der Waals surface area contributed by atoms with Crippen molar-refractivity contribution in [3.63, 3.8) is 0 Å². The molecule has 1 aliphatic carbocycles. The van der Waals surface area contributed by atoms with Crippen LogP contribution in [0, 0.1) is 5.41 Å². The summed E-state index contributed by atoms with van der Waals surface area (Å²) >= 11 is 0. The van der Waals surface area contributed by atoms with E-state index in [1.807, 2.05) is 6.08 Å². The summed E-state index contributed by atoms with van der Waals surface area (Å²) in [7, 11) is 0. The van der Waals surface area contributed by atoms with E-state index in [1.54, 1.807) is 0 Å². The summed E-state index contributed by atoms with van der Waals surface area (Å²) in [5.74, 6) is 0. The van der Waals surface area contributed by atoms with E-state index in [1.165, 1.54) is 12.8 Å². The van der Waals surface area contributed by atoms with Gasteiger partial charge in [0.1, 0.15) is 0 Å². The second-order valence-electron chi connectivity index (χ2n) is 3.73. The minimum atomic E-state index is 0.336. The molecule has 70 valence electrons. The molecule has 0 atom stereocenters. The Labute approximate surface area is 74.7 Å². The van der Waals surface area contributed by atoms with Gasteiger partial charge in [-0.05, 0) is 37.6 Å². The first-order valence-corrected chi connectivity index (χ1v) is 4.75. The van der Waals surface area contributed by atoms with Crippen LogP contribution in [-0.2, 0) is 0 Å². The molecule has 0 amide bonds. The summed E-state index contributed by atoms with van der Waals surface area (Å²) in [5, 5.41) is 12.2. The van der Waals surface area contributed by atoms with Crippen LogP contribution in [0.5, 0.6) is 0 Å². The molecule has 0 heterocycles. The van der Waals surface area contributed by atoms with E-state index in [0.29, 0.717) is 12.0 Å². The van der Waals surface area contributed by atoms with Crippen LogP contribution in [0.15, 0.2) is 12.7 Å². The lowest BCUT2D eigenvalue weighted by Gasteiger charge is -2.13. The van der Waals surface area contributed by atoms with Crippen molar-refractivity contribution in [3.05, 3.63) is 12.7 Å². The molecule has 0 aliphatic heterocycles. The quantitative estimate of drug-likeness (QED) is 0.445. The van der Waals surface area contributed by atoms with Gasteiger partial charge in [0.15, 0.2) is 0 Å². The topological polar surface area (TPSA) is 32.3 Å². The highest BCUT2D eigenvalue weighted by Crippen LogP contribution is 2.47. The maximum atomic E-state index is 8.80. The zero-order valence-corrected chi connectivity index (χ0v) is 7.68. The van der Waals surface area contributed by atoms with E-state index >= 15 is 0 Å². The van der Waals surface area contributed by atoms with Gasteiger partial charge in [0, 0.05) is 13.2 Å². The second kappa shape index (κ2) is 4.63. The molecule has 2 N–H and O–H groups in total. The van der Waals surface area contributed by atoms with E-state index in [-0.39, 0.29) is 0 Å². The Hall–Kier alpha value is -0.340. The maximum absolute atomic E-state index is 8.80. The van der Waals surface area contributed by atoms with Crippen LogP contribution in [0.2, 0.25) is 0 Å². The van der Waals surface area contributed by atoms with Gasteiger partial charge in [-0.25, -0.2) is 0 Å². The highest BCUT2D eigenvalue weighted by Gasteiger charge is 2.40. The van der Waals surface area contributed by atoms with Gasteiger partial charge in [0.2, 0.25) is 0 Å². The van der Waals surface area contributed by atoms with Crippen LogP contribution in [0.4, 0.5) is 0 Å². The zero-order chi connectivity index (χ0) is 8.86. The van der Waals surface area contributed by atoms with Gasteiger partial charge in [0.05, 0.1) is 0 Å². The van der Waals surface area contributed by atoms with Crippen molar-refractivity contribution in [1.82, 2.24) is 5.32 Å². The van der Waals surface area contributed by atoms with Crippen LogP contribution in [0.25, 0.3) is 0 Å². The van der Waals surface area contributed by atoms with Crippen molar-refractivity contribution in [2.24, 2.45) is 5.41 Å². The first-order valence-electron chi connectivity index (χ1n) is 4.75. The van der Waals surface area contributed by atoms with Crippen molar-refractivity contribution < 1.29 is 5.11 Å². The van der Waals surface area contributed by atoms with Crippen molar-refractivity contribution in [2.45, 2.75) is 25.7 Å². The molecule has 0 radical (unpaired) electrons. The molecule has 0 unspecified atom stereocenters. The molecule has 1 saturated carbocycles. The molecule has 1 fully saturated rings. The minimum Gasteiger partial charge on any atom is -0.396 e. The van der Waals surface area contributed by atoms with Gasteiger partial charge >= 0.3 is 0 Å². The van der Waals surface area contributed by atoms with Crippen LogP contribution in [-0.4, -0.2) is 24.8 Å². The average molecular weight is 169 g/mol. The summed E-state index contributed by atoms with van der Waals surface area (Å²) in [6.07, 6.45) is 6.51. The Morgan fingerprint density at radius 1 is 1.50 bits per heavy atom. The summed E-state index contributed by atoms with van der Waals surface area (Å²) in [5.41, 5.74) is 0.454. The van der Waals surface area contributed by atoms with Crippen LogP contribution in [0.1, 0.15) is 25.7 Å². The molecule has 1 aliphatic rings. The van der Waals surface area contributed by atoms with Crippen LogP contribution >= 0.6 is 0 Å². The first kappa shape index (κ1) is 9.75. The predicted molar refractivity (Wildman–Crippen MR) is 51.1 cm³/mol. The van der Waals surface area contributed by atoms with Crippen molar-refractivity contribution >= 4 is 0 Å². The van der Waals surface area contributed by atoms with E-state index in [4.69, 9.17) is 5.11 Å². The molecule has 2 nitrogen and oxygen atoms in total. The lowest BCUT2D eigenvalue weighted by Crippen LogP contribution is -2.25. The minimum absolute atomic E-state index is 0.336. The molecule has 0 bridgehead atoms. The van der Waals surface area contributed by atoms with E-state index in [2.05, 4.69) is 11.9 Å². The zero-order valence-electron chi connectivity index (χ0n) is 7.68. The number of rotatable bonds is 7. The Morgan fingerprint density at radius 3 is 2.75 bits per heavy atom. The third-order valence-corrected chi connectivity index (χ3v) is 2.62. The fourth-order valence-corrected chi connectivity index (χ4v) is 1.49. The SMILES string of the molecule is C=CCCNCC1(CCO)CC1. The van der Waals surface area contributed by atoms with Crippen LogP contribution in [0.3, 0.4) is 0 Å². The Balaban J connectivity index is 2.01. The molecule has 0 aromatic rings. The van der Waals surface area contributed by atoms with Gasteiger partial charge in [0.25, 0.3) is 0 Å². The third kappa shape index (κ3) is 2.95. The number of hydrogen-bond acceptors (Lipinski definition) is 2. The van der Waals surface area contributed by atoms with Gasteiger partial charge < -0.3 is 10.4 Å². The summed E-state index contributed by atoms with van der Waals surface area (Å²) in [6, 6.07) is 0. The predicted octanol–water partition coefficient (Wildman–Crippen LogP) is 1.31. The van der Waals surface area contributed by atoms with E-state index in [9.17, 15) is 0 Å². The molecule has 0 spiro atoms. The van der Waals surface area contributed by atoms with Gasteiger partial charge in [-0.15, -0.1) is 6.58 Å². The van der Waals surface area contributed by atoms with E-state index in [0.717, 1.165) is 25.9 Å². The molecule has 0 aromatic carbocycles. The molecule has 0 aromatic heterocycles. The van der Waals surface area contributed by atoms with Crippen molar-refractivity contribution in [2.75, 3.05) is 19.7 Å². The molecule has 1 rings (SSSR count). The Kier molecular flexibility index (Phi) is 3.76. The normalized spacial score (nSPS) is 19.1. The maximum Gasteiger partial charge on any atom is 0.0436 e. The van der Waals surface area contributed by atoms with Crippen LogP contribution < -0.4 is 5.32 Å². The van der Waals surface area contributed by atoms with Crippen molar-refractivity contribution in [3.8, 4) is 0 Å². The van der Waals surface area contributed by atoms with Gasteiger partial charge in [-0.3, -0.25) is 0 Å². The van der Waals surface area contributed by atoms with Crippen molar-refractivity contribution in [1.29, 1.82) is 0 Å². The number of aliphatic hydroxyl groups excluding tert-OH is 1. The standard InChI is InChI=1S/C10H19NO/c1-2-3-7-11-9-10(4-5-10)6-8-12/h2,11-12H,1,3-9H2. The second-order valence-corrected chi connectivity index (χ2v) is 3.73. The number of hydrogen-bond donors (Lipinski definition) is 2. The lowest BCUT2D eigenvalue weighted by atomic mass is 10.0. The first-order chi connectivity index (χ1) is 5.83. The lowest BCUT2D eigenvalue weighted by molar-refractivity contribution is 0.245. The highest BCUT2D eigenvalue weighted by molar-refractivity contribution is 4.94. The summed E-state index contributed by atoms with van der Waals surface area (Å²) in [6.45, 7) is 6.10. The fourth-order valence-electron chi connectivity index (χ4n) is 1.49. The number of nitrogens with one attached hydrogen (secondary N) is 1. The average Bonchev–Trinajstić information content (AvgIpc) is 2.81. The largest absolute Gasteiger partial charge is 0.396 e. The molecule has 2 heteroatoms. The van der Waals surface area contributed by atoms with E-state index < -0.39 is 0 Å². The third-order valence-electron chi connectivity index (χ3n) is 2.62. The number of aliphatic hydroxyl groups is 1. The molecule has 0 saturated heterocycles. The highest BCUT2D eigenvalue weighted by atomic mass is 16.3. The summed E-state index contributed by atoms with van der Waals surface area (Å²) < 4.78 is 0. The Morgan fingerprint density at radius 2 is 2.25 bits per heavy atom. The monoisotopic (exact) mass is 169 g/mol.